The van der Waals surface area contributed by atoms with E-state index in [1.807, 2.05) is 17.5 Å². The average Bonchev–Trinajstić information content (AvgIpc) is 3.08. The molecule has 3 N–H and O–H groups in total. The summed E-state index contributed by atoms with van der Waals surface area (Å²) in [5.74, 6) is 0.658. The van der Waals surface area contributed by atoms with E-state index >= 15 is 0 Å². The second-order valence-electron chi connectivity index (χ2n) is 6.30. The Morgan fingerprint density at radius 1 is 1.32 bits per heavy atom. The third-order valence-corrected chi connectivity index (χ3v) is 4.93. The van der Waals surface area contributed by atoms with Crippen molar-refractivity contribution < 1.29 is 14.3 Å². The Balaban J connectivity index is 1.69. The quantitative estimate of drug-likeness (QED) is 0.772. The third kappa shape index (κ3) is 3.93. The predicted molar refractivity (Wildman–Crippen MR) is 99.2 cm³/mol. The lowest BCUT2D eigenvalue weighted by atomic mass is 10.0. The van der Waals surface area contributed by atoms with Gasteiger partial charge in [0.25, 0.3) is 5.91 Å². The van der Waals surface area contributed by atoms with E-state index in [2.05, 4.69) is 29.8 Å². The molecule has 1 aromatic carbocycles. The summed E-state index contributed by atoms with van der Waals surface area (Å²) >= 11 is 1.62. The van der Waals surface area contributed by atoms with Crippen molar-refractivity contribution in [3.63, 3.8) is 0 Å². The Morgan fingerprint density at radius 3 is 2.80 bits per heavy atom. The van der Waals surface area contributed by atoms with Crippen LogP contribution in [0, 0.1) is 5.92 Å². The molecule has 0 spiro atoms. The summed E-state index contributed by atoms with van der Waals surface area (Å²) in [4.78, 5) is 25.2. The number of nitrogens with one attached hydrogen (secondary N) is 3. The SMILES string of the molecule is CC1Oc2ccc(NC(=O)NC(c3cccs3)C(C)C)cc2NC1=O. The molecule has 1 aromatic heterocycles. The van der Waals surface area contributed by atoms with E-state index in [4.69, 9.17) is 4.74 Å². The number of hydrogen-bond donors (Lipinski definition) is 3. The Bertz CT molecular complexity index is 774. The molecule has 0 fully saturated rings. The van der Waals surface area contributed by atoms with Crippen LogP contribution in [0.5, 0.6) is 5.75 Å². The Labute approximate surface area is 150 Å². The van der Waals surface area contributed by atoms with Gasteiger partial charge in [-0.1, -0.05) is 19.9 Å². The highest BCUT2D eigenvalue weighted by Gasteiger charge is 2.24. The molecule has 0 bridgehead atoms. The molecule has 25 heavy (non-hydrogen) atoms. The standard InChI is InChI=1S/C18H21N3O3S/c1-10(2)16(15-5-4-8-25-15)21-18(23)19-12-6-7-14-13(9-12)20-17(22)11(3)24-14/h4-11,16H,1-3H3,(H,20,22)(H2,19,21,23). The maximum atomic E-state index is 12.4. The van der Waals surface area contributed by atoms with Crippen molar-refractivity contribution in [3.05, 3.63) is 40.6 Å². The predicted octanol–water partition coefficient (Wildman–Crippen LogP) is 3.99. The van der Waals surface area contributed by atoms with Crippen molar-refractivity contribution in [2.45, 2.75) is 32.9 Å². The van der Waals surface area contributed by atoms with Gasteiger partial charge in [0.05, 0.1) is 11.7 Å². The fourth-order valence-corrected chi connectivity index (χ4v) is 3.58. The summed E-state index contributed by atoms with van der Waals surface area (Å²) in [6.45, 7) is 5.82. The zero-order valence-corrected chi connectivity index (χ0v) is 15.1. The van der Waals surface area contributed by atoms with Crippen LogP contribution in [0.3, 0.4) is 0 Å². The summed E-state index contributed by atoms with van der Waals surface area (Å²) < 4.78 is 5.51. The van der Waals surface area contributed by atoms with Gasteiger partial charge < -0.3 is 20.7 Å². The van der Waals surface area contributed by atoms with Crippen LogP contribution in [0.25, 0.3) is 0 Å². The van der Waals surface area contributed by atoms with Crippen LogP contribution in [0.4, 0.5) is 16.2 Å². The minimum absolute atomic E-state index is 0.0542. The summed E-state index contributed by atoms with van der Waals surface area (Å²) in [6, 6.07) is 8.82. The van der Waals surface area contributed by atoms with Crippen LogP contribution >= 0.6 is 11.3 Å². The minimum Gasteiger partial charge on any atom is -0.479 e. The molecular weight excluding hydrogens is 338 g/mol. The number of amides is 3. The topological polar surface area (TPSA) is 79.5 Å². The molecule has 1 aliphatic heterocycles. The number of carbonyl (C=O) groups is 2. The fraction of sp³-hybridized carbons (Fsp3) is 0.333. The summed E-state index contributed by atoms with van der Waals surface area (Å²) in [7, 11) is 0. The lowest BCUT2D eigenvalue weighted by Crippen LogP contribution is -2.35. The van der Waals surface area contributed by atoms with Gasteiger partial charge in [-0.25, -0.2) is 4.79 Å². The van der Waals surface area contributed by atoms with Gasteiger partial charge in [0, 0.05) is 10.6 Å². The lowest BCUT2D eigenvalue weighted by Gasteiger charge is -2.24. The molecule has 0 radical (unpaired) electrons. The highest BCUT2D eigenvalue weighted by Crippen LogP contribution is 2.32. The summed E-state index contributed by atoms with van der Waals surface area (Å²) in [5, 5.41) is 10.6. The number of ether oxygens (including phenoxy) is 1. The van der Waals surface area contributed by atoms with Gasteiger partial charge in [0.1, 0.15) is 5.75 Å². The minimum atomic E-state index is -0.521. The molecule has 0 aliphatic carbocycles. The number of thiophene rings is 1. The number of anilines is 2. The van der Waals surface area contributed by atoms with E-state index in [0.717, 1.165) is 4.88 Å². The van der Waals surface area contributed by atoms with Crippen LogP contribution in [0.1, 0.15) is 31.7 Å². The van der Waals surface area contributed by atoms with Gasteiger partial charge in [-0.05, 0) is 42.5 Å². The zero-order valence-electron chi connectivity index (χ0n) is 14.3. The van der Waals surface area contributed by atoms with Gasteiger partial charge in [-0.3, -0.25) is 4.79 Å². The number of benzene rings is 1. The second-order valence-corrected chi connectivity index (χ2v) is 7.28. The number of hydrogen-bond acceptors (Lipinski definition) is 4. The summed E-state index contributed by atoms with van der Waals surface area (Å²) in [5.41, 5.74) is 1.14. The molecule has 0 saturated carbocycles. The fourth-order valence-electron chi connectivity index (χ4n) is 2.63. The van der Waals surface area contributed by atoms with Crippen molar-refractivity contribution in [2.75, 3.05) is 10.6 Å². The smallest absolute Gasteiger partial charge is 0.319 e. The molecule has 3 amide bonds. The number of fused-ring (bicyclic) bond motifs is 1. The van der Waals surface area contributed by atoms with Gasteiger partial charge >= 0.3 is 6.03 Å². The van der Waals surface area contributed by atoms with Gasteiger partial charge in [-0.2, -0.15) is 0 Å². The summed E-state index contributed by atoms with van der Waals surface area (Å²) in [6.07, 6.45) is -0.521. The normalized spacial score (nSPS) is 17.3. The Kier molecular flexibility index (Phi) is 4.94. The van der Waals surface area contributed by atoms with Gasteiger partial charge in [-0.15, -0.1) is 11.3 Å². The van der Waals surface area contributed by atoms with Crippen molar-refractivity contribution in [1.29, 1.82) is 0 Å². The molecule has 2 heterocycles. The van der Waals surface area contributed by atoms with Crippen molar-refractivity contribution in [3.8, 4) is 5.75 Å². The highest BCUT2D eigenvalue weighted by atomic mass is 32.1. The van der Waals surface area contributed by atoms with Crippen LogP contribution in [-0.2, 0) is 4.79 Å². The van der Waals surface area contributed by atoms with E-state index in [-0.39, 0.29) is 23.9 Å². The Morgan fingerprint density at radius 2 is 2.12 bits per heavy atom. The number of carbonyl (C=O) groups excluding carboxylic acids is 2. The van der Waals surface area contributed by atoms with Crippen LogP contribution < -0.4 is 20.7 Å². The number of rotatable bonds is 4. The Hall–Kier alpha value is -2.54. The first-order valence-corrected chi connectivity index (χ1v) is 9.04. The molecule has 1 aliphatic rings. The molecule has 7 heteroatoms. The van der Waals surface area contributed by atoms with Crippen LogP contribution in [0.15, 0.2) is 35.7 Å². The van der Waals surface area contributed by atoms with E-state index < -0.39 is 6.10 Å². The molecule has 3 rings (SSSR count). The number of urea groups is 1. The first-order valence-electron chi connectivity index (χ1n) is 8.16. The largest absolute Gasteiger partial charge is 0.479 e. The van der Waals surface area contributed by atoms with Crippen molar-refractivity contribution in [2.24, 2.45) is 5.92 Å². The molecule has 2 unspecified atom stereocenters. The first-order chi connectivity index (χ1) is 11.9. The highest BCUT2D eigenvalue weighted by molar-refractivity contribution is 7.10. The zero-order chi connectivity index (χ0) is 18.0. The van der Waals surface area contributed by atoms with Gasteiger partial charge in [0.2, 0.25) is 0 Å². The van der Waals surface area contributed by atoms with Crippen molar-refractivity contribution >= 4 is 34.6 Å². The van der Waals surface area contributed by atoms with E-state index in [0.29, 0.717) is 17.1 Å². The van der Waals surface area contributed by atoms with Gasteiger partial charge in [0.15, 0.2) is 6.10 Å². The maximum absolute atomic E-state index is 12.4. The lowest BCUT2D eigenvalue weighted by molar-refractivity contribution is -0.122. The molecular formula is C18H21N3O3S. The third-order valence-electron chi connectivity index (χ3n) is 3.97. The van der Waals surface area contributed by atoms with E-state index in [1.165, 1.54) is 0 Å². The molecule has 0 saturated heterocycles. The van der Waals surface area contributed by atoms with Crippen LogP contribution in [0.2, 0.25) is 0 Å². The van der Waals surface area contributed by atoms with E-state index in [9.17, 15) is 9.59 Å². The second kappa shape index (κ2) is 7.14. The van der Waals surface area contributed by atoms with E-state index in [1.54, 1.807) is 36.5 Å². The molecule has 2 aromatic rings. The molecule has 2 atom stereocenters. The maximum Gasteiger partial charge on any atom is 0.319 e. The molecule has 132 valence electrons. The average molecular weight is 359 g/mol. The molecule has 6 nitrogen and oxygen atoms in total. The monoisotopic (exact) mass is 359 g/mol. The van der Waals surface area contributed by atoms with Crippen LogP contribution in [-0.4, -0.2) is 18.0 Å². The van der Waals surface area contributed by atoms with Crippen molar-refractivity contribution in [1.82, 2.24) is 5.32 Å². The first kappa shape index (κ1) is 17.3.